The topological polar surface area (TPSA) is 45.7 Å². The molecule has 22 heavy (non-hydrogen) atoms. The third-order valence-electron chi connectivity index (χ3n) is 4.41. The summed E-state index contributed by atoms with van der Waals surface area (Å²) in [5, 5.41) is 1.05. The average molecular weight is 323 g/mol. The van der Waals surface area contributed by atoms with Gasteiger partial charge in [-0.15, -0.1) is 11.3 Å². The molecule has 0 saturated carbocycles. The standard InChI is InChI=1S/C16H25N3O2S/c1-10(2)15-17-11(3)14(22-15)16(20)19-6-12-5-18(4)7-13(19)9-21-8-12/h10,12-13H,5-9H2,1-4H3/t12-,13-/m0/s1. The Morgan fingerprint density at radius 2 is 2.09 bits per heavy atom. The van der Waals surface area contributed by atoms with Gasteiger partial charge in [0.15, 0.2) is 0 Å². The van der Waals surface area contributed by atoms with Crippen molar-refractivity contribution in [3.63, 3.8) is 0 Å². The third kappa shape index (κ3) is 3.05. The number of ether oxygens (including phenoxy) is 1. The Bertz CT molecular complexity index is 558. The van der Waals surface area contributed by atoms with Crippen LogP contribution in [-0.2, 0) is 4.74 Å². The minimum atomic E-state index is 0.137. The molecule has 5 nitrogen and oxygen atoms in total. The van der Waals surface area contributed by atoms with Crippen LogP contribution in [0.25, 0.3) is 0 Å². The zero-order valence-electron chi connectivity index (χ0n) is 13.8. The van der Waals surface area contributed by atoms with E-state index in [9.17, 15) is 4.79 Å². The fraction of sp³-hybridized carbons (Fsp3) is 0.750. The molecule has 1 aromatic heterocycles. The predicted octanol–water partition coefficient (Wildman–Crippen LogP) is 1.98. The first kappa shape index (κ1) is 15.9. The molecule has 3 rings (SSSR count). The summed E-state index contributed by atoms with van der Waals surface area (Å²) in [5.74, 6) is 0.903. The van der Waals surface area contributed by atoms with E-state index in [1.165, 1.54) is 0 Å². The Hall–Kier alpha value is -0.980. The van der Waals surface area contributed by atoms with Gasteiger partial charge in [-0.1, -0.05) is 13.8 Å². The summed E-state index contributed by atoms with van der Waals surface area (Å²) in [6, 6.07) is 0.147. The first-order chi connectivity index (χ1) is 10.5. The van der Waals surface area contributed by atoms with Crippen molar-refractivity contribution in [3.05, 3.63) is 15.6 Å². The third-order valence-corrected chi connectivity index (χ3v) is 5.86. The highest BCUT2D eigenvalue weighted by Gasteiger charge is 2.36. The number of fused-ring (bicyclic) bond motifs is 3. The predicted molar refractivity (Wildman–Crippen MR) is 87.6 cm³/mol. The molecule has 2 aliphatic rings. The van der Waals surface area contributed by atoms with Gasteiger partial charge in [-0.3, -0.25) is 4.79 Å². The minimum absolute atomic E-state index is 0.137. The van der Waals surface area contributed by atoms with Gasteiger partial charge in [0.05, 0.1) is 30.0 Å². The second-order valence-electron chi connectivity index (χ2n) is 6.86. The Kier molecular flexibility index (Phi) is 4.52. The SMILES string of the molecule is Cc1nc(C(C)C)sc1C(=O)N1C[C@H]2COC[C@@H]1CN(C)C2. The van der Waals surface area contributed by atoms with E-state index in [1.54, 1.807) is 11.3 Å². The molecule has 2 atom stereocenters. The molecule has 2 aliphatic heterocycles. The van der Waals surface area contributed by atoms with Gasteiger partial charge < -0.3 is 14.5 Å². The number of thiazole rings is 1. The molecule has 0 spiro atoms. The van der Waals surface area contributed by atoms with Crippen molar-refractivity contribution in [3.8, 4) is 0 Å². The molecule has 1 aromatic rings. The van der Waals surface area contributed by atoms with E-state index in [1.807, 2.05) is 11.8 Å². The Morgan fingerprint density at radius 1 is 1.32 bits per heavy atom. The maximum absolute atomic E-state index is 13.1. The van der Waals surface area contributed by atoms with Crippen LogP contribution >= 0.6 is 11.3 Å². The molecule has 2 saturated heterocycles. The lowest BCUT2D eigenvalue weighted by Gasteiger charge is -2.29. The molecule has 1 amide bonds. The van der Waals surface area contributed by atoms with E-state index in [2.05, 4.69) is 30.8 Å². The number of carbonyl (C=O) groups is 1. The summed E-state index contributed by atoms with van der Waals surface area (Å²) in [5.41, 5.74) is 0.867. The second-order valence-corrected chi connectivity index (χ2v) is 7.89. The monoisotopic (exact) mass is 323 g/mol. The van der Waals surface area contributed by atoms with Crippen LogP contribution in [0.2, 0.25) is 0 Å². The van der Waals surface area contributed by atoms with Crippen molar-refractivity contribution in [1.29, 1.82) is 0 Å². The van der Waals surface area contributed by atoms with Gasteiger partial charge in [-0.25, -0.2) is 4.98 Å². The zero-order chi connectivity index (χ0) is 15.9. The summed E-state index contributed by atoms with van der Waals surface area (Å²) in [4.78, 5) is 22.8. The van der Waals surface area contributed by atoms with Gasteiger partial charge in [-0.2, -0.15) is 0 Å². The highest BCUT2D eigenvalue weighted by atomic mass is 32.1. The van der Waals surface area contributed by atoms with Crippen molar-refractivity contribution in [2.24, 2.45) is 5.92 Å². The summed E-state index contributed by atoms with van der Waals surface area (Å²) in [6.45, 7) is 10.3. The van der Waals surface area contributed by atoms with Crippen molar-refractivity contribution >= 4 is 17.2 Å². The second kappa shape index (κ2) is 6.26. The Morgan fingerprint density at radius 3 is 2.77 bits per heavy atom. The number of hydrogen-bond acceptors (Lipinski definition) is 5. The average Bonchev–Trinajstić information content (AvgIpc) is 2.62. The van der Waals surface area contributed by atoms with Crippen LogP contribution in [0.15, 0.2) is 0 Å². The molecule has 2 fully saturated rings. The molecule has 0 N–H and O–H groups in total. The number of amides is 1. The van der Waals surface area contributed by atoms with Gasteiger partial charge in [0.25, 0.3) is 5.91 Å². The van der Waals surface area contributed by atoms with E-state index in [-0.39, 0.29) is 11.9 Å². The van der Waals surface area contributed by atoms with E-state index < -0.39 is 0 Å². The number of nitrogens with zero attached hydrogens (tertiary/aromatic N) is 3. The lowest BCUT2D eigenvalue weighted by molar-refractivity contribution is 0.0485. The molecular weight excluding hydrogens is 298 g/mol. The summed E-state index contributed by atoms with van der Waals surface area (Å²) < 4.78 is 5.77. The summed E-state index contributed by atoms with van der Waals surface area (Å²) >= 11 is 1.55. The molecule has 0 aromatic carbocycles. The first-order valence-electron chi connectivity index (χ1n) is 8.00. The summed E-state index contributed by atoms with van der Waals surface area (Å²) in [7, 11) is 2.13. The van der Waals surface area contributed by atoms with Crippen molar-refractivity contribution in [2.45, 2.75) is 32.7 Å². The van der Waals surface area contributed by atoms with Gasteiger partial charge in [0, 0.05) is 31.5 Å². The Balaban J connectivity index is 1.87. The minimum Gasteiger partial charge on any atom is -0.379 e. The molecule has 6 heteroatoms. The molecule has 2 bridgehead atoms. The molecule has 122 valence electrons. The van der Waals surface area contributed by atoms with Gasteiger partial charge in [0.2, 0.25) is 0 Å². The van der Waals surface area contributed by atoms with Gasteiger partial charge >= 0.3 is 0 Å². The van der Waals surface area contributed by atoms with E-state index in [0.717, 1.165) is 41.8 Å². The maximum atomic E-state index is 13.1. The van der Waals surface area contributed by atoms with Gasteiger partial charge in [0.1, 0.15) is 4.88 Å². The largest absolute Gasteiger partial charge is 0.379 e. The van der Waals surface area contributed by atoms with Crippen molar-refractivity contribution in [2.75, 3.05) is 39.9 Å². The van der Waals surface area contributed by atoms with Crippen molar-refractivity contribution < 1.29 is 9.53 Å². The summed E-state index contributed by atoms with van der Waals surface area (Å²) in [6.07, 6.45) is 0. The molecule has 3 heterocycles. The molecule has 0 aliphatic carbocycles. The lowest BCUT2D eigenvalue weighted by Crippen LogP contribution is -2.45. The fourth-order valence-electron chi connectivity index (χ4n) is 3.32. The maximum Gasteiger partial charge on any atom is 0.266 e. The number of aryl methyl sites for hydroxylation is 1. The highest BCUT2D eigenvalue weighted by Crippen LogP contribution is 2.28. The van der Waals surface area contributed by atoms with Crippen LogP contribution in [0, 0.1) is 12.8 Å². The first-order valence-corrected chi connectivity index (χ1v) is 8.82. The number of hydrogen-bond donors (Lipinski definition) is 0. The van der Waals surface area contributed by atoms with E-state index in [4.69, 9.17) is 4.74 Å². The van der Waals surface area contributed by atoms with Crippen LogP contribution in [0.1, 0.15) is 40.1 Å². The number of aromatic nitrogens is 1. The molecule has 0 radical (unpaired) electrons. The smallest absolute Gasteiger partial charge is 0.266 e. The lowest BCUT2D eigenvalue weighted by atomic mass is 10.1. The van der Waals surface area contributed by atoms with Crippen LogP contribution in [0.4, 0.5) is 0 Å². The normalized spacial score (nSPS) is 26.3. The van der Waals surface area contributed by atoms with Crippen LogP contribution in [0.5, 0.6) is 0 Å². The van der Waals surface area contributed by atoms with Crippen LogP contribution < -0.4 is 0 Å². The fourth-order valence-corrected chi connectivity index (χ4v) is 4.34. The number of likely N-dealkylation sites (N-methyl/N-ethyl adjacent to an activating group) is 1. The highest BCUT2D eigenvalue weighted by molar-refractivity contribution is 7.13. The van der Waals surface area contributed by atoms with E-state index >= 15 is 0 Å². The van der Waals surface area contributed by atoms with E-state index in [0.29, 0.717) is 18.4 Å². The quantitative estimate of drug-likeness (QED) is 0.835. The Labute approximate surface area is 136 Å². The zero-order valence-corrected chi connectivity index (χ0v) is 14.7. The molecular formula is C16H25N3O2S. The van der Waals surface area contributed by atoms with Crippen molar-refractivity contribution in [1.82, 2.24) is 14.8 Å². The van der Waals surface area contributed by atoms with Crippen LogP contribution in [0.3, 0.4) is 0 Å². The van der Waals surface area contributed by atoms with Crippen LogP contribution in [-0.4, -0.2) is 66.6 Å². The molecule has 0 unspecified atom stereocenters. The number of rotatable bonds is 2. The van der Waals surface area contributed by atoms with Gasteiger partial charge in [-0.05, 0) is 14.0 Å². The number of carbonyl (C=O) groups excluding carboxylic acids is 1.